The fraction of sp³-hybridized carbons (Fsp3) is 0.370. The number of anilines is 1. The van der Waals surface area contributed by atoms with Gasteiger partial charge in [-0.05, 0) is 49.1 Å². The van der Waals surface area contributed by atoms with Crippen molar-refractivity contribution in [3.8, 4) is 17.1 Å². The van der Waals surface area contributed by atoms with E-state index in [9.17, 15) is 13.2 Å². The van der Waals surface area contributed by atoms with Crippen LogP contribution in [0.1, 0.15) is 35.3 Å². The van der Waals surface area contributed by atoms with Gasteiger partial charge in [0.15, 0.2) is 0 Å². The van der Waals surface area contributed by atoms with Gasteiger partial charge in [0.25, 0.3) is 15.9 Å². The van der Waals surface area contributed by atoms with E-state index in [4.69, 9.17) is 4.74 Å². The number of carbonyl (C=O) groups excluding carboxylic acids is 1. The molecule has 200 valence electrons. The highest BCUT2D eigenvalue weighted by Gasteiger charge is 2.37. The standard InChI is InChI=1S/C27H30FN5O4S/c1-16(2)23-15-32(28)13-20-14-33(23)26(34)19-9-6-10-21(11-19)38(35,36)31-27-29-22(12-24(30-27)37-20)25-17(3)7-5-8-18(25)4/h5-12,16,20,23H,13-15H2,1-4H3,(H,29,30,31)/t20-,23-/m1/s1. The topological polar surface area (TPSA) is 105 Å². The molecule has 2 atom stereocenters. The average molecular weight is 540 g/mol. The van der Waals surface area contributed by atoms with Crippen LogP contribution in [0.2, 0.25) is 0 Å². The first kappa shape index (κ1) is 26.1. The SMILES string of the molecule is Cc1cccc(C)c1-c1cc2nc(n1)NS(=O)(=O)c1cccc(c1)C(=O)N1C[C@@H](CN(F)C[C@@H]1C(C)C)O2. The summed E-state index contributed by atoms with van der Waals surface area (Å²) in [5.74, 6) is -0.548. The maximum absolute atomic E-state index is 15.0. The molecule has 0 saturated carbocycles. The predicted molar refractivity (Wildman–Crippen MR) is 141 cm³/mol. The minimum atomic E-state index is -4.14. The molecule has 1 amide bonds. The molecule has 6 bridgehead atoms. The maximum atomic E-state index is 15.0. The van der Waals surface area contributed by atoms with Crippen LogP contribution < -0.4 is 9.46 Å². The Hall–Kier alpha value is -3.57. The molecule has 1 N–H and O–H groups in total. The zero-order valence-corrected chi connectivity index (χ0v) is 22.5. The second-order valence-corrected chi connectivity index (χ2v) is 11.8. The normalized spacial score (nSPS) is 21.4. The molecule has 1 saturated heterocycles. The third-order valence-corrected chi connectivity index (χ3v) is 8.29. The van der Waals surface area contributed by atoms with Crippen LogP contribution in [0.25, 0.3) is 11.3 Å². The van der Waals surface area contributed by atoms with Crippen LogP contribution in [0.4, 0.5) is 10.4 Å². The van der Waals surface area contributed by atoms with E-state index in [2.05, 4.69) is 14.7 Å². The Labute approximate surface area is 221 Å². The lowest BCUT2D eigenvalue weighted by molar-refractivity contribution is -0.00828. The molecule has 0 aliphatic carbocycles. The van der Waals surface area contributed by atoms with Gasteiger partial charge < -0.3 is 9.64 Å². The third-order valence-electron chi connectivity index (χ3n) is 6.96. The molecule has 5 rings (SSSR count). The third kappa shape index (κ3) is 5.08. The Balaban J connectivity index is 1.70. The van der Waals surface area contributed by atoms with Gasteiger partial charge in [-0.1, -0.05) is 38.1 Å². The lowest BCUT2D eigenvalue weighted by atomic mass is 10.00. The quantitative estimate of drug-likeness (QED) is 0.491. The molecule has 0 spiro atoms. The van der Waals surface area contributed by atoms with Crippen molar-refractivity contribution < 1.29 is 22.4 Å². The minimum Gasteiger partial charge on any atom is -0.471 e. The Morgan fingerprint density at radius 2 is 1.74 bits per heavy atom. The van der Waals surface area contributed by atoms with Crippen molar-refractivity contribution in [3.05, 3.63) is 65.2 Å². The summed E-state index contributed by atoms with van der Waals surface area (Å²) in [4.78, 5) is 24.0. The Kier molecular flexibility index (Phi) is 6.83. The number of nitrogens with zero attached hydrogens (tertiary/aromatic N) is 4. The highest BCUT2D eigenvalue weighted by atomic mass is 32.2. The van der Waals surface area contributed by atoms with Crippen LogP contribution in [-0.4, -0.2) is 66.1 Å². The summed E-state index contributed by atoms with van der Waals surface area (Å²) in [5, 5.41) is 0.669. The number of carbonyl (C=O) groups is 1. The molecule has 2 aliphatic rings. The van der Waals surface area contributed by atoms with Crippen molar-refractivity contribution in [2.24, 2.45) is 5.92 Å². The van der Waals surface area contributed by atoms with E-state index in [1.54, 1.807) is 17.0 Å². The van der Waals surface area contributed by atoms with Crippen LogP contribution >= 0.6 is 0 Å². The summed E-state index contributed by atoms with van der Waals surface area (Å²) in [6, 6.07) is 12.8. The lowest BCUT2D eigenvalue weighted by Gasteiger charge is -2.34. The second-order valence-electron chi connectivity index (χ2n) is 10.2. The molecule has 11 heteroatoms. The Morgan fingerprint density at radius 3 is 2.45 bits per heavy atom. The summed E-state index contributed by atoms with van der Waals surface area (Å²) in [6.45, 7) is 7.74. The maximum Gasteiger partial charge on any atom is 0.264 e. The van der Waals surface area contributed by atoms with Crippen molar-refractivity contribution in [2.45, 2.75) is 44.7 Å². The Bertz CT molecular complexity index is 1480. The van der Waals surface area contributed by atoms with Gasteiger partial charge in [-0.2, -0.15) is 4.98 Å². The summed E-state index contributed by atoms with van der Waals surface area (Å²) >= 11 is 0. The molecule has 1 aromatic heterocycles. The van der Waals surface area contributed by atoms with Crippen LogP contribution in [0.3, 0.4) is 0 Å². The summed E-state index contributed by atoms with van der Waals surface area (Å²) in [5.41, 5.74) is 3.35. The molecule has 2 aliphatic heterocycles. The number of aryl methyl sites for hydroxylation is 2. The molecule has 0 radical (unpaired) electrons. The molecule has 9 nitrogen and oxygen atoms in total. The largest absolute Gasteiger partial charge is 0.471 e. The van der Waals surface area contributed by atoms with E-state index in [1.807, 2.05) is 45.9 Å². The highest BCUT2D eigenvalue weighted by molar-refractivity contribution is 7.92. The predicted octanol–water partition coefficient (Wildman–Crippen LogP) is 3.99. The number of hydrogen-bond donors (Lipinski definition) is 1. The van der Waals surface area contributed by atoms with Gasteiger partial charge in [0, 0.05) is 29.8 Å². The van der Waals surface area contributed by atoms with E-state index in [-0.39, 0.29) is 47.8 Å². The monoisotopic (exact) mass is 539 g/mol. The number of amides is 1. The first-order chi connectivity index (χ1) is 18.0. The number of ether oxygens (including phenoxy) is 1. The van der Waals surface area contributed by atoms with E-state index in [0.29, 0.717) is 10.8 Å². The fourth-order valence-electron chi connectivity index (χ4n) is 5.08. The molecule has 1 fully saturated rings. The van der Waals surface area contributed by atoms with Gasteiger partial charge in [0.2, 0.25) is 11.8 Å². The summed E-state index contributed by atoms with van der Waals surface area (Å²) in [6.07, 6.45) is -0.762. The summed E-state index contributed by atoms with van der Waals surface area (Å²) < 4.78 is 50.3. The second kappa shape index (κ2) is 9.95. The van der Waals surface area contributed by atoms with Gasteiger partial charge in [-0.15, -0.1) is 9.60 Å². The first-order valence-electron chi connectivity index (χ1n) is 12.5. The zero-order chi connectivity index (χ0) is 27.2. The van der Waals surface area contributed by atoms with Crippen LogP contribution in [0.5, 0.6) is 5.88 Å². The van der Waals surface area contributed by atoms with Crippen molar-refractivity contribution >= 4 is 21.9 Å². The molecular formula is C27H30FN5O4S. The van der Waals surface area contributed by atoms with E-state index < -0.39 is 28.1 Å². The number of halogens is 1. The molecule has 3 aromatic rings. The molecule has 38 heavy (non-hydrogen) atoms. The van der Waals surface area contributed by atoms with Crippen LogP contribution in [0.15, 0.2) is 53.4 Å². The molecule has 0 unspecified atom stereocenters. The smallest absolute Gasteiger partial charge is 0.264 e. The number of aromatic nitrogens is 2. The minimum absolute atomic E-state index is 0.00545. The Morgan fingerprint density at radius 1 is 1.03 bits per heavy atom. The van der Waals surface area contributed by atoms with Crippen molar-refractivity contribution in [3.63, 3.8) is 0 Å². The number of sulfonamides is 1. The molecular weight excluding hydrogens is 509 g/mol. The van der Waals surface area contributed by atoms with Gasteiger partial charge >= 0.3 is 0 Å². The molecule has 3 heterocycles. The number of hydrogen-bond acceptors (Lipinski definition) is 7. The lowest BCUT2D eigenvalue weighted by Crippen LogP contribution is -2.48. The number of fused-ring (bicyclic) bond motifs is 6. The average Bonchev–Trinajstić information content (AvgIpc) is 3.01. The molecule has 2 aromatic carbocycles. The highest BCUT2D eigenvalue weighted by Crippen LogP contribution is 2.31. The van der Waals surface area contributed by atoms with Crippen LogP contribution in [-0.2, 0) is 10.0 Å². The van der Waals surface area contributed by atoms with Crippen LogP contribution in [0, 0.1) is 19.8 Å². The van der Waals surface area contributed by atoms with Gasteiger partial charge in [-0.3, -0.25) is 4.79 Å². The number of benzene rings is 2. The van der Waals surface area contributed by atoms with Gasteiger partial charge in [0.1, 0.15) is 6.10 Å². The zero-order valence-electron chi connectivity index (χ0n) is 21.7. The summed E-state index contributed by atoms with van der Waals surface area (Å²) in [7, 11) is -4.14. The number of rotatable bonds is 2. The number of nitrogens with one attached hydrogen (secondary N) is 1. The first-order valence-corrected chi connectivity index (χ1v) is 14.0. The van der Waals surface area contributed by atoms with Gasteiger partial charge in [0.05, 0.1) is 23.7 Å². The van der Waals surface area contributed by atoms with E-state index >= 15 is 4.48 Å². The van der Waals surface area contributed by atoms with Crippen molar-refractivity contribution in [1.82, 2.24) is 20.0 Å². The van der Waals surface area contributed by atoms with Crippen molar-refractivity contribution in [1.29, 1.82) is 0 Å². The van der Waals surface area contributed by atoms with Crippen molar-refractivity contribution in [2.75, 3.05) is 24.4 Å². The van der Waals surface area contributed by atoms with E-state index in [0.717, 1.165) is 16.7 Å². The van der Waals surface area contributed by atoms with Gasteiger partial charge in [-0.25, -0.2) is 18.1 Å². The fourth-order valence-corrected chi connectivity index (χ4v) is 6.07. The van der Waals surface area contributed by atoms with E-state index in [1.165, 1.54) is 18.2 Å².